The highest BCUT2D eigenvalue weighted by Crippen LogP contribution is 2.34. The minimum atomic E-state index is -4.87. The molecule has 7 rings (SSSR count). The van der Waals surface area contributed by atoms with E-state index in [4.69, 9.17) is 0 Å². The van der Waals surface area contributed by atoms with Gasteiger partial charge in [0.25, 0.3) is 30.4 Å². The fraction of sp³-hybridized carbons (Fsp3) is 0.0500. The molecule has 0 amide bonds. The first-order valence-electron chi connectivity index (χ1n) is 17.8. The van der Waals surface area contributed by atoms with Crippen LogP contribution in [-0.4, -0.2) is 64.9 Å². The van der Waals surface area contributed by atoms with E-state index in [0.29, 0.717) is 16.9 Å². The number of hydrogen-bond donors (Lipinski definition) is 5. The largest absolute Gasteiger partial charge is 0.478 e. The maximum absolute atomic E-state index is 12.6. The van der Waals surface area contributed by atoms with Crippen LogP contribution in [0.1, 0.15) is 33.1 Å². The lowest BCUT2D eigenvalue weighted by Crippen LogP contribution is -2.11. The van der Waals surface area contributed by atoms with Crippen LogP contribution < -0.4 is 5.32 Å². The van der Waals surface area contributed by atoms with Crippen LogP contribution in [-0.2, 0) is 43.2 Å². The Morgan fingerprint density at radius 1 is 0.516 bits per heavy atom. The van der Waals surface area contributed by atoms with Crippen molar-refractivity contribution in [3.63, 3.8) is 0 Å². The molecule has 0 aliphatic heterocycles. The van der Waals surface area contributed by atoms with E-state index < -0.39 is 51.0 Å². The van der Waals surface area contributed by atoms with E-state index >= 15 is 0 Å². The van der Waals surface area contributed by atoms with Gasteiger partial charge in [0.2, 0.25) is 5.95 Å². The van der Waals surface area contributed by atoms with Crippen molar-refractivity contribution in [2.24, 2.45) is 20.5 Å². The van der Waals surface area contributed by atoms with E-state index in [-0.39, 0.29) is 69.4 Å². The van der Waals surface area contributed by atoms with Gasteiger partial charge in [-0.25, -0.2) is 9.78 Å². The number of azo groups is 2. The molecule has 7 aromatic rings. The van der Waals surface area contributed by atoms with Gasteiger partial charge in [0, 0.05) is 29.3 Å². The molecule has 0 aliphatic rings. The molecule has 1 aromatic heterocycles. The number of carboxylic acid groups (broad SMARTS) is 1. The average Bonchev–Trinajstić information content (AvgIpc) is 3.22. The topological polar surface area (TPSA) is 301 Å². The molecule has 0 atom stereocenters. The number of carboxylic acids is 1. The Kier molecular flexibility index (Phi) is 12.0. The highest BCUT2D eigenvalue weighted by atomic mass is 32.2. The van der Waals surface area contributed by atoms with E-state index in [1.807, 2.05) is 0 Å². The quantitative estimate of drug-likeness (QED) is 0.0507. The number of nitrogens with one attached hydrogen (secondary N) is 1. The van der Waals surface area contributed by atoms with Gasteiger partial charge in [-0.05, 0) is 83.9 Å². The van der Waals surface area contributed by atoms with Gasteiger partial charge in [-0.3, -0.25) is 13.7 Å². The lowest BCUT2D eigenvalue weighted by atomic mass is 10.1. The monoisotopic (exact) mass is 894 g/mol. The molecule has 19 nitrogen and oxygen atoms in total. The van der Waals surface area contributed by atoms with Crippen LogP contribution in [0.25, 0.3) is 10.8 Å². The maximum atomic E-state index is 12.6. The molecule has 0 bridgehead atoms. The molecule has 0 saturated carbocycles. The number of fused-ring (bicyclic) bond motifs is 1. The predicted octanol–water partition coefficient (Wildman–Crippen LogP) is 8.22. The fourth-order valence-corrected chi connectivity index (χ4v) is 8.26. The molecule has 0 aliphatic carbocycles. The zero-order valence-electron chi connectivity index (χ0n) is 31.5. The summed E-state index contributed by atoms with van der Waals surface area (Å²) >= 11 is 0. The Hall–Kier alpha value is -7.21. The van der Waals surface area contributed by atoms with Crippen molar-refractivity contribution in [3.8, 4) is 0 Å². The summed E-state index contributed by atoms with van der Waals surface area (Å²) < 4.78 is 103. The summed E-state index contributed by atoms with van der Waals surface area (Å²) in [6.07, 6.45) is -0.120. The molecule has 62 heavy (non-hydrogen) atoms. The smallest absolute Gasteiger partial charge is 0.335 e. The van der Waals surface area contributed by atoms with Gasteiger partial charge in [0.15, 0.2) is 0 Å². The zero-order valence-corrected chi connectivity index (χ0v) is 34.0. The minimum Gasteiger partial charge on any atom is -0.478 e. The second-order valence-corrected chi connectivity index (χ2v) is 17.4. The first-order chi connectivity index (χ1) is 29.4. The molecule has 6 aromatic carbocycles. The SMILES string of the molecule is O=C(O)c1cccc(Nc2nc(Cc3ccc(N=Nc4cc(S(=O)(=O)O)c5cccc(S(=O)(=O)O)c5c4)cc3)nc(Cc3ccc(N=Nc4ccccc4)cc3S(=O)(=O)O)n2)c1. The molecule has 5 N–H and O–H groups in total. The first kappa shape index (κ1) is 42.9. The highest BCUT2D eigenvalue weighted by molar-refractivity contribution is 7.86. The van der Waals surface area contributed by atoms with Gasteiger partial charge in [-0.2, -0.15) is 55.7 Å². The number of aromatic carboxylic acids is 1. The van der Waals surface area contributed by atoms with E-state index in [9.17, 15) is 48.8 Å². The number of rotatable bonds is 14. The van der Waals surface area contributed by atoms with Crippen molar-refractivity contribution in [2.45, 2.75) is 27.5 Å². The van der Waals surface area contributed by atoms with Gasteiger partial charge < -0.3 is 10.4 Å². The summed E-state index contributed by atoms with van der Waals surface area (Å²) in [6.45, 7) is 0. The second kappa shape index (κ2) is 17.4. The number of benzene rings is 6. The van der Waals surface area contributed by atoms with Crippen LogP contribution in [0.3, 0.4) is 0 Å². The number of aromatic nitrogens is 3. The summed E-state index contributed by atoms with van der Waals surface area (Å²) in [5, 5.41) is 28.4. The van der Waals surface area contributed by atoms with E-state index in [0.717, 1.165) is 12.1 Å². The van der Waals surface area contributed by atoms with Crippen molar-refractivity contribution < 1.29 is 48.8 Å². The number of anilines is 2. The number of nitrogens with zero attached hydrogens (tertiary/aromatic N) is 7. The summed E-state index contributed by atoms with van der Waals surface area (Å²) in [7, 11) is -14.4. The number of carbonyl (C=O) groups is 1. The molecular formula is C40H30N8O11S3. The third-order valence-electron chi connectivity index (χ3n) is 8.85. The minimum absolute atomic E-state index is 0.00329. The summed E-state index contributed by atoms with van der Waals surface area (Å²) in [6, 6.07) is 30.9. The third kappa shape index (κ3) is 10.6. The molecule has 0 spiro atoms. The molecule has 314 valence electrons. The van der Waals surface area contributed by atoms with Crippen LogP contribution in [0.5, 0.6) is 0 Å². The van der Waals surface area contributed by atoms with Crippen molar-refractivity contribution in [2.75, 3.05) is 5.32 Å². The molecule has 0 radical (unpaired) electrons. The standard InChI is InChI=1S/C40H30N8O11S3/c49-39(50)26-6-4-9-29(19-26)41-40-43-37(42-38(44-40)20-25-14-17-30(22-35(25)61(54,55)56)47-45-27-7-2-1-3-8-27)18-24-12-15-28(16-13-24)46-48-31-21-33-32(36(23-31)62(57,58)59)10-5-11-34(33)60(51,52)53/h1-17,19,21-23H,18,20H2,(H,49,50)(H,51,52,53)(H,54,55,56)(H,57,58,59)(H,41,42,43,44). The van der Waals surface area contributed by atoms with Crippen molar-refractivity contribution in [1.29, 1.82) is 0 Å². The summed E-state index contributed by atoms with van der Waals surface area (Å²) in [4.78, 5) is 23.5. The van der Waals surface area contributed by atoms with E-state index in [2.05, 4.69) is 40.7 Å². The van der Waals surface area contributed by atoms with Gasteiger partial charge in [0.1, 0.15) is 21.4 Å². The zero-order chi connectivity index (χ0) is 44.2. The normalized spacial score (nSPS) is 12.3. The Bertz CT molecular complexity index is 3280. The highest BCUT2D eigenvalue weighted by Gasteiger charge is 2.22. The summed E-state index contributed by atoms with van der Waals surface area (Å²) in [5.74, 6) is -0.884. The molecule has 22 heteroatoms. The van der Waals surface area contributed by atoms with Crippen molar-refractivity contribution >= 4 is 81.5 Å². The third-order valence-corrected chi connectivity index (χ3v) is 11.6. The van der Waals surface area contributed by atoms with Crippen LogP contribution in [0.15, 0.2) is 163 Å². The van der Waals surface area contributed by atoms with Crippen LogP contribution in [0.2, 0.25) is 0 Å². The predicted molar refractivity (Wildman–Crippen MR) is 223 cm³/mol. The molecule has 0 fully saturated rings. The van der Waals surface area contributed by atoms with E-state index in [1.54, 1.807) is 60.7 Å². The lowest BCUT2D eigenvalue weighted by molar-refractivity contribution is 0.0696. The van der Waals surface area contributed by atoms with Gasteiger partial charge in [-0.15, -0.1) is 0 Å². The van der Waals surface area contributed by atoms with Crippen LogP contribution in [0, 0.1) is 0 Å². The Labute approximate surface area is 352 Å². The van der Waals surface area contributed by atoms with E-state index in [1.165, 1.54) is 54.6 Å². The van der Waals surface area contributed by atoms with Crippen LogP contribution in [0.4, 0.5) is 34.4 Å². The van der Waals surface area contributed by atoms with Crippen molar-refractivity contribution in [1.82, 2.24) is 15.0 Å². The van der Waals surface area contributed by atoms with Gasteiger partial charge >= 0.3 is 5.97 Å². The molecular weight excluding hydrogens is 865 g/mol. The molecule has 0 saturated heterocycles. The molecule has 1 heterocycles. The second-order valence-electron chi connectivity index (χ2n) is 13.3. The summed E-state index contributed by atoms with van der Waals surface area (Å²) in [5.41, 5.74) is 1.88. The lowest BCUT2D eigenvalue weighted by Gasteiger charge is -2.12. The fourth-order valence-electron chi connectivity index (χ4n) is 6.10. The Morgan fingerprint density at radius 2 is 1.10 bits per heavy atom. The molecule has 0 unspecified atom stereocenters. The van der Waals surface area contributed by atoms with Crippen molar-refractivity contribution in [3.05, 3.63) is 156 Å². The number of hydrogen-bond acceptors (Lipinski definition) is 15. The first-order valence-corrected chi connectivity index (χ1v) is 22.1. The maximum Gasteiger partial charge on any atom is 0.335 e. The van der Waals surface area contributed by atoms with Gasteiger partial charge in [0.05, 0.1) is 33.2 Å². The average molecular weight is 895 g/mol. The van der Waals surface area contributed by atoms with Gasteiger partial charge in [-0.1, -0.05) is 54.6 Å². The van der Waals surface area contributed by atoms with Crippen LogP contribution >= 0.6 is 0 Å². The Morgan fingerprint density at radius 3 is 1.76 bits per heavy atom. The Balaban J connectivity index is 1.19.